The first kappa shape index (κ1) is 11.3. The Balaban J connectivity index is 3.46. The third kappa shape index (κ3) is 1.99. The van der Waals surface area contributed by atoms with Gasteiger partial charge in [-0.15, -0.1) is 0 Å². The van der Waals surface area contributed by atoms with E-state index in [0.29, 0.717) is 0 Å². The van der Waals surface area contributed by atoms with E-state index in [0.717, 1.165) is 12.1 Å². The molecule has 1 aromatic carbocycles. The topological polar surface area (TPSA) is 20.2 Å². The normalized spacial score (nSPS) is 11.9. The standard InChI is InChI=1S/C8H5ClF4O/c9-5-1-2-6(10)4(3-14)7(5)8(11,12)13/h1-2,14H,3H2. The molecule has 0 unspecified atom stereocenters. The molecule has 0 heterocycles. The highest BCUT2D eigenvalue weighted by Gasteiger charge is 2.36. The lowest BCUT2D eigenvalue weighted by molar-refractivity contribution is -0.138. The molecule has 1 aromatic rings. The van der Waals surface area contributed by atoms with E-state index in [-0.39, 0.29) is 0 Å². The number of aliphatic hydroxyl groups excluding tert-OH is 1. The van der Waals surface area contributed by atoms with Crippen molar-refractivity contribution < 1.29 is 22.7 Å². The Morgan fingerprint density at radius 2 is 1.86 bits per heavy atom. The lowest BCUT2D eigenvalue weighted by Gasteiger charge is -2.13. The highest BCUT2D eigenvalue weighted by Crippen LogP contribution is 2.38. The van der Waals surface area contributed by atoms with Gasteiger partial charge in [-0.2, -0.15) is 13.2 Å². The van der Waals surface area contributed by atoms with Gasteiger partial charge in [-0.3, -0.25) is 0 Å². The third-order valence-electron chi connectivity index (χ3n) is 1.65. The molecule has 1 N–H and O–H groups in total. The van der Waals surface area contributed by atoms with Gasteiger partial charge in [0.15, 0.2) is 0 Å². The molecule has 0 amide bonds. The molecular weight excluding hydrogens is 224 g/mol. The van der Waals surface area contributed by atoms with Crippen molar-refractivity contribution in [3.8, 4) is 0 Å². The molecule has 0 bridgehead atoms. The van der Waals surface area contributed by atoms with E-state index in [1.54, 1.807) is 0 Å². The van der Waals surface area contributed by atoms with Crippen molar-refractivity contribution in [1.29, 1.82) is 0 Å². The Hall–Kier alpha value is -0.810. The molecule has 0 aliphatic heterocycles. The first-order valence-electron chi connectivity index (χ1n) is 3.53. The first-order chi connectivity index (χ1) is 6.38. The van der Waals surface area contributed by atoms with E-state index < -0.39 is 34.7 Å². The van der Waals surface area contributed by atoms with Crippen LogP contribution in [0.1, 0.15) is 11.1 Å². The van der Waals surface area contributed by atoms with Crippen LogP contribution in [0.2, 0.25) is 5.02 Å². The lowest BCUT2D eigenvalue weighted by atomic mass is 10.1. The van der Waals surface area contributed by atoms with Crippen molar-refractivity contribution in [3.63, 3.8) is 0 Å². The van der Waals surface area contributed by atoms with Gasteiger partial charge in [0.05, 0.1) is 17.2 Å². The van der Waals surface area contributed by atoms with Gasteiger partial charge >= 0.3 is 6.18 Å². The molecule has 0 saturated carbocycles. The van der Waals surface area contributed by atoms with Crippen LogP contribution in [0.3, 0.4) is 0 Å². The van der Waals surface area contributed by atoms with Gasteiger partial charge in [0, 0.05) is 5.56 Å². The van der Waals surface area contributed by atoms with Crippen LogP contribution in [-0.2, 0) is 12.8 Å². The van der Waals surface area contributed by atoms with Gasteiger partial charge in [0.1, 0.15) is 5.82 Å². The summed E-state index contributed by atoms with van der Waals surface area (Å²) < 4.78 is 49.8. The smallest absolute Gasteiger partial charge is 0.392 e. The van der Waals surface area contributed by atoms with Gasteiger partial charge in [-0.1, -0.05) is 11.6 Å². The molecule has 78 valence electrons. The average Bonchev–Trinajstić information content (AvgIpc) is 2.06. The Morgan fingerprint density at radius 1 is 1.29 bits per heavy atom. The minimum atomic E-state index is -4.77. The zero-order valence-corrected chi connectivity index (χ0v) is 7.45. The Morgan fingerprint density at radius 3 is 2.21 bits per heavy atom. The zero-order chi connectivity index (χ0) is 10.9. The maximum absolute atomic E-state index is 12.8. The Labute approximate surface area is 81.9 Å². The molecule has 0 aromatic heterocycles. The number of rotatable bonds is 1. The quantitative estimate of drug-likeness (QED) is 0.733. The first-order valence-corrected chi connectivity index (χ1v) is 3.90. The average molecular weight is 229 g/mol. The summed E-state index contributed by atoms with van der Waals surface area (Å²) in [5.41, 5.74) is -2.15. The number of alkyl halides is 3. The molecule has 0 aliphatic carbocycles. The van der Waals surface area contributed by atoms with Crippen LogP contribution in [-0.4, -0.2) is 5.11 Å². The number of benzene rings is 1. The molecule has 1 rings (SSSR count). The molecule has 0 atom stereocenters. The van der Waals surface area contributed by atoms with E-state index in [9.17, 15) is 17.6 Å². The molecule has 0 saturated heterocycles. The van der Waals surface area contributed by atoms with E-state index in [1.807, 2.05) is 0 Å². The highest BCUT2D eigenvalue weighted by molar-refractivity contribution is 6.31. The predicted molar refractivity (Wildman–Crippen MR) is 42.3 cm³/mol. The number of aliphatic hydroxyl groups is 1. The minimum absolute atomic E-state index is 0.622. The maximum atomic E-state index is 12.8. The minimum Gasteiger partial charge on any atom is -0.392 e. The van der Waals surface area contributed by atoms with E-state index in [4.69, 9.17) is 16.7 Å². The summed E-state index contributed by atoms with van der Waals surface area (Å²) in [5.74, 6) is -1.12. The molecule has 14 heavy (non-hydrogen) atoms. The van der Waals surface area contributed by atoms with Gasteiger partial charge in [0.2, 0.25) is 0 Å². The van der Waals surface area contributed by atoms with Crippen LogP contribution in [0.4, 0.5) is 17.6 Å². The monoisotopic (exact) mass is 228 g/mol. The fourth-order valence-electron chi connectivity index (χ4n) is 1.05. The zero-order valence-electron chi connectivity index (χ0n) is 6.70. The van der Waals surface area contributed by atoms with Crippen molar-refractivity contribution in [2.24, 2.45) is 0 Å². The van der Waals surface area contributed by atoms with Crippen LogP contribution >= 0.6 is 11.6 Å². The van der Waals surface area contributed by atoms with E-state index in [2.05, 4.69) is 0 Å². The second-order valence-electron chi connectivity index (χ2n) is 2.54. The number of halogens is 5. The van der Waals surface area contributed by atoms with Crippen LogP contribution in [0.5, 0.6) is 0 Å². The summed E-state index contributed by atoms with van der Waals surface area (Å²) in [6, 6.07) is 1.59. The van der Waals surface area contributed by atoms with Crippen molar-refractivity contribution >= 4 is 11.6 Å². The third-order valence-corrected chi connectivity index (χ3v) is 1.96. The molecule has 6 heteroatoms. The molecule has 1 nitrogen and oxygen atoms in total. The maximum Gasteiger partial charge on any atom is 0.418 e. The van der Waals surface area contributed by atoms with Crippen molar-refractivity contribution in [2.75, 3.05) is 0 Å². The fourth-order valence-corrected chi connectivity index (χ4v) is 1.34. The largest absolute Gasteiger partial charge is 0.418 e. The summed E-state index contributed by atoms with van der Waals surface area (Å²) in [4.78, 5) is 0. The van der Waals surface area contributed by atoms with Crippen LogP contribution in [0.25, 0.3) is 0 Å². The van der Waals surface area contributed by atoms with Crippen LogP contribution in [0.15, 0.2) is 12.1 Å². The molecule has 0 aliphatic rings. The van der Waals surface area contributed by atoms with E-state index >= 15 is 0 Å². The molecule has 0 spiro atoms. The Kier molecular flexibility index (Phi) is 3.01. The fraction of sp³-hybridized carbons (Fsp3) is 0.250. The van der Waals surface area contributed by atoms with Crippen LogP contribution in [0, 0.1) is 5.82 Å². The van der Waals surface area contributed by atoms with Crippen molar-refractivity contribution in [2.45, 2.75) is 12.8 Å². The molecule has 0 radical (unpaired) electrons. The van der Waals surface area contributed by atoms with Crippen molar-refractivity contribution in [3.05, 3.63) is 34.1 Å². The predicted octanol–water partition coefficient (Wildman–Crippen LogP) is 2.99. The molecular formula is C8H5ClF4O. The Bertz CT molecular complexity index is 348. The SMILES string of the molecule is OCc1c(F)ccc(Cl)c1C(F)(F)F. The summed E-state index contributed by atoms with van der Waals surface area (Å²) >= 11 is 5.27. The number of hydrogen-bond donors (Lipinski definition) is 1. The second-order valence-corrected chi connectivity index (χ2v) is 2.95. The lowest BCUT2D eigenvalue weighted by Crippen LogP contribution is -2.11. The molecule has 0 fully saturated rings. The highest BCUT2D eigenvalue weighted by atomic mass is 35.5. The van der Waals surface area contributed by atoms with Gasteiger partial charge in [0.25, 0.3) is 0 Å². The van der Waals surface area contributed by atoms with E-state index in [1.165, 1.54) is 0 Å². The summed E-state index contributed by atoms with van der Waals surface area (Å²) in [6.07, 6.45) is -4.77. The summed E-state index contributed by atoms with van der Waals surface area (Å²) in [6.45, 7) is -1.04. The van der Waals surface area contributed by atoms with Gasteiger partial charge in [-0.05, 0) is 12.1 Å². The van der Waals surface area contributed by atoms with Crippen molar-refractivity contribution in [1.82, 2.24) is 0 Å². The second kappa shape index (κ2) is 3.74. The van der Waals surface area contributed by atoms with Gasteiger partial charge in [-0.25, -0.2) is 4.39 Å². The summed E-state index contributed by atoms with van der Waals surface area (Å²) in [7, 11) is 0. The van der Waals surface area contributed by atoms with Crippen LogP contribution < -0.4 is 0 Å². The van der Waals surface area contributed by atoms with Gasteiger partial charge < -0.3 is 5.11 Å². The number of hydrogen-bond acceptors (Lipinski definition) is 1. The summed E-state index contributed by atoms with van der Waals surface area (Å²) in [5, 5.41) is 7.97.